The number of carbonyl (C=O) groups excluding carboxylic acids is 1. The fourth-order valence-corrected chi connectivity index (χ4v) is 4.08. The van der Waals surface area contributed by atoms with Gasteiger partial charge in [-0.3, -0.25) is 0 Å². The Morgan fingerprint density at radius 2 is 1.57 bits per heavy atom. The molecular formula is C32H42O2Y-2. The monoisotopic (exact) mass is 547 g/mol. The van der Waals surface area contributed by atoms with Crippen LogP contribution < -0.4 is 0 Å². The van der Waals surface area contributed by atoms with Crippen molar-refractivity contribution in [3.05, 3.63) is 84.6 Å². The fraction of sp³-hybridized carbons (Fsp3) is 0.469. The Bertz CT molecular complexity index is 998. The largest absolute Gasteiger partial charge is 0.373 e. The second-order valence-corrected chi connectivity index (χ2v) is 11.3. The average Bonchev–Trinajstić information content (AvgIpc) is 2.75. The van der Waals surface area contributed by atoms with Gasteiger partial charge in [0.1, 0.15) is 5.78 Å². The van der Waals surface area contributed by atoms with E-state index in [0.717, 1.165) is 43.4 Å². The summed E-state index contributed by atoms with van der Waals surface area (Å²) in [4.78, 5) is 11.8. The molecule has 2 aromatic rings. The van der Waals surface area contributed by atoms with E-state index in [4.69, 9.17) is 4.74 Å². The van der Waals surface area contributed by atoms with Gasteiger partial charge in [0.2, 0.25) is 0 Å². The van der Waals surface area contributed by atoms with Crippen LogP contribution in [0.5, 0.6) is 0 Å². The van der Waals surface area contributed by atoms with Gasteiger partial charge in [0.15, 0.2) is 0 Å². The van der Waals surface area contributed by atoms with Gasteiger partial charge in [0, 0.05) is 62.3 Å². The van der Waals surface area contributed by atoms with E-state index in [0.29, 0.717) is 0 Å². The average molecular weight is 548 g/mol. The molecule has 0 saturated heterocycles. The summed E-state index contributed by atoms with van der Waals surface area (Å²) in [6.45, 7) is 20.9. The predicted octanol–water partition coefficient (Wildman–Crippen LogP) is 7.80. The number of rotatable bonds is 6. The molecule has 2 aromatic carbocycles. The maximum atomic E-state index is 11.8. The van der Waals surface area contributed by atoms with E-state index >= 15 is 0 Å². The third kappa shape index (κ3) is 10.7. The molecule has 0 heterocycles. The van der Waals surface area contributed by atoms with Crippen molar-refractivity contribution in [3.63, 3.8) is 0 Å². The van der Waals surface area contributed by atoms with Crippen LogP contribution in [0, 0.1) is 42.4 Å². The van der Waals surface area contributed by atoms with Gasteiger partial charge < -0.3 is 23.4 Å². The van der Waals surface area contributed by atoms with Gasteiger partial charge >= 0.3 is 0 Å². The number of hydrogen-bond acceptors (Lipinski definition) is 2. The number of unbranched alkanes of at least 4 members (excludes halogenated alkanes) is 1. The standard InChI is InChI=1S/C20H19O.C12H23O.Y/c1-2-3-14-21-20-15-18-10-5-4-8-16(18)12-13-17-9-6-7-11-19(17)20;1-9(8-11(2,3)4)10(13)12(5,6)7;/h4-11,20H,1-3,14-15H2;9H,1,8H2,2-7H3;/q2*-1;. The predicted molar refractivity (Wildman–Crippen MR) is 143 cm³/mol. The maximum absolute atomic E-state index is 11.8. The van der Waals surface area contributed by atoms with Crippen LogP contribution in [0.3, 0.4) is 0 Å². The van der Waals surface area contributed by atoms with E-state index in [2.05, 4.69) is 82.9 Å². The fourth-order valence-electron chi connectivity index (χ4n) is 4.08. The Labute approximate surface area is 239 Å². The van der Waals surface area contributed by atoms with Gasteiger partial charge in [0.05, 0.1) is 6.10 Å². The number of ether oxygens (including phenoxy) is 1. The summed E-state index contributed by atoms with van der Waals surface area (Å²) in [7, 11) is 0. The van der Waals surface area contributed by atoms with Crippen molar-refractivity contribution >= 4 is 5.78 Å². The Kier molecular flexibility index (Phi) is 13.1. The van der Waals surface area contributed by atoms with E-state index in [-0.39, 0.29) is 61.3 Å². The summed E-state index contributed by atoms with van der Waals surface area (Å²) in [5, 5.41) is 0. The van der Waals surface area contributed by atoms with E-state index in [9.17, 15) is 4.79 Å². The SMILES string of the molecule is [CH2-]C(CC(C)(C)C)C(=O)C(C)(C)C.[CH2-]CCCOC1Cc2ccccc2C#Cc2ccccc21.[Y]. The summed E-state index contributed by atoms with van der Waals surface area (Å²) in [5.74, 6) is 6.79. The number of carbonyl (C=O) groups is 1. The van der Waals surface area contributed by atoms with Crippen LogP contribution in [0.15, 0.2) is 48.5 Å². The zero-order chi connectivity index (χ0) is 25.4. The molecule has 35 heavy (non-hydrogen) atoms. The van der Waals surface area contributed by atoms with E-state index in [1.807, 2.05) is 32.9 Å². The molecule has 0 N–H and O–H groups in total. The van der Waals surface area contributed by atoms with Crippen LogP contribution in [-0.4, -0.2) is 12.4 Å². The van der Waals surface area contributed by atoms with Gasteiger partial charge in [0.25, 0.3) is 0 Å². The van der Waals surface area contributed by atoms with Crippen molar-refractivity contribution in [1.29, 1.82) is 0 Å². The van der Waals surface area contributed by atoms with Crippen LogP contribution in [-0.2, 0) is 48.7 Å². The topological polar surface area (TPSA) is 26.3 Å². The zero-order valence-corrected chi connectivity index (χ0v) is 25.5. The molecule has 1 aliphatic carbocycles. The summed E-state index contributed by atoms with van der Waals surface area (Å²) in [5.41, 5.74) is 4.58. The summed E-state index contributed by atoms with van der Waals surface area (Å²) >= 11 is 0. The Morgan fingerprint density at radius 1 is 1.00 bits per heavy atom. The smallest absolute Gasteiger partial charge is 0.111 e. The van der Waals surface area contributed by atoms with Crippen LogP contribution >= 0.6 is 0 Å². The Morgan fingerprint density at radius 3 is 2.17 bits per heavy atom. The van der Waals surface area contributed by atoms with Crippen molar-refractivity contribution in [3.8, 4) is 11.8 Å². The van der Waals surface area contributed by atoms with Crippen molar-refractivity contribution in [1.82, 2.24) is 0 Å². The summed E-state index contributed by atoms with van der Waals surface area (Å²) < 4.78 is 6.13. The molecule has 187 valence electrons. The normalized spacial score (nSPS) is 15.4. The number of benzene rings is 2. The number of hydrogen-bond donors (Lipinski definition) is 0. The van der Waals surface area contributed by atoms with E-state index in [1.54, 1.807) is 0 Å². The molecule has 3 rings (SSSR count). The number of Topliss-reactive ketones (excluding diaryl/α,β-unsaturated/α-hetero) is 1. The van der Waals surface area contributed by atoms with Crippen LogP contribution in [0.2, 0.25) is 0 Å². The summed E-state index contributed by atoms with van der Waals surface area (Å²) in [6, 6.07) is 16.7. The minimum atomic E-state index is -0.252. The Hall–Kier alpha value is -1.27. The van der Waals surface area contributed by atoms with Crippen LogP contribution in [0.4, 0.5) is 0 Å². The molecule has 0 amide bonds. The first-order valence-corrected chi connectivity index (χ1v) is 12.4. The molecule has 0 spiro atoms. The van der Waals surface area contributed by atoms with Crippen LogP contribution in [0.25, 0.3) is 0 Å². The minimum Gasteiger partial charge on any atom is -0.373 e. The molecule has 3 heteroatoms. The van der Waals surface area contributed by atoms with Crippen molar-refractivity contribution in [2.24, 2.45) is 16.7 Å². The number of fused-ring (bicyclic) bond motifs is 2. The second-order valence-electron chi connectivity index (χ2n) is 11.3. The van der Waals surface area contributed by atoms with Gasteiger partial charge in [-0.05, 0) is 28.7 Å². The quantitative estimate of drug-likeness (QED) is 0.210. The molecule has 0 bridgehead atoms. The number of ketones is 1. The van der Waals surface area contributed by atoms with Gasteiger partial charge in [-0.1, -0.05) is 103 Å². The first kappa shape index (κ1) is 31.8. The molecule has 1 radical (unpaired) electrons. The maximum Gasteiger partial charge on any atom is 0.111 e. The molecule has 0 fully saturated rings. The second kappa shape index (κ2) is 14.5. The first-order valence-electron chi connectivity index (χ1n) is 12.4. The molecule has 0 aromatic heterocycles. The third-order valence-electron chi connectivity index (χ3n) is 5.74. The van der Waals surface area contributed by atoms with Crippen molar-refractivity contribution < 1.29 is 42.2 Å². The molecule has 2 atom stereocenters. The van der Waals surface area contributed by atoms with Gasteiger partial charge in [-0.25, -0.2) is 0 Å². The van der Waals surface area contributed by atoms with Crippen molar-refractivity contribution in [2.75, 3.05) is 6.61 Å². The molecule has 2 nitrogen and oxygen atoms in total. The third-order valence-corrected chi connectivity index (χ3v) is 5.74. The molecule has 1 aliphatic rings. The van der Waals surface area contributed by atoms with Gasteiger partial charge in [-0.15, -0.1) is 5.92 Å². The molecular weight excluding hydrogens is 505 g/mol. The Balaban J connectivity index is 0.000000383. The van der Waals surface area contributed by atoms with Gasteiger partial charge in [-0.2, -0.15) is 6.42 Å². The van der Waals surface area contributed by atoms with Crippen LogP contribution in [0.1, 0.15) is 89.2 Å². The minimum absolute atomic E-state index is 0. The summed E-state index contributed by atoms with van der Waals surface area (Å²) in [6.07, 6.45) is 3.71. The molecule has 0 aliphatic heterocycles. The first-order chi connectivity index (χ1) is 15.9. The zero-order valence-electron chi connectivity index (χ0n) is 22.6. The molecule has 0 saturated carbocycles. The van der Waals surface area contributed by atoms with Crippen molar-refractivity contribution in [2.45, 2.75) is 73.3 Å². The van der Waals surface area contributed by atoms with E-state index < -0.39 is 0 Å². The molecule has 2 unspecified atom stereocenters. The van der Waals surface area contributed by atoms with E-state index in [1.165, 1.54) is 11.1 Å².